The number of carbonyl (C=O) groups excluding carboxylic acids is 1. The van der Waals surface area contributed by atoms with Crippen LogP contribution in [0.15, 0.2) is 12.4 Å². The van der Waals surface area contributed by atoms with Gasteiger partial charge in [0, 0.05) is 25.3 Å². The highest BCUT2D eigenvalue weighted by molar-refractivity contribution is 7.98. The van der Waals surface area contributed by atoms with Crippen molar-refractivity contribution >= 4 is 29.3 Å². The highest BCUT2D eigenvalue weighted by Gasteiger charge is 2.22. The lowest BCUT2D eigenvalue weighted by molar-refractivity contribution is -0.117. The standard InChI is InChI=1S/C11H16N4OS/c1-17-6-4-12-9-7-14-10(8-13-9)15-5-2-3-11(15)16/h7-8H,2-6H2,1H3,(H,12,13). The summed E-state index contributed by atoms with van der Waals surface area (Å²) in [4.78, 5) is 21.7. The van der Waals surface area contributed by atoms with E-state index in [2.05, 4.69) is 21.5 Å². The molecule has 0 unspecified atom stereocenters. The molecule has 1 saturated heterocycles. The summed E-state index contributed by atoms with van der Waals surface area (Å²) in [5.74, 6) is 2.59. The second-order valence-corrected chi connectivity index (χ2v) is 4.81. The van der Waals surface area contributed by atoms with Crippen molar-refractivity contribution in [2.24, 2.45) is 0 Å². The number of hydrogen-bond acceptors (Lipinski definition) is 5. The van der Waals surface area contributed by atoms with Gasteiger partial charge in [-0.3, -0.25) is 9.69 Å². The van der Waals surface area contributed by atoms with Gasteiger partial charge in [0.1, 0.15) is 5.82 Å². The van der Waals surface area contributed by atoms with Crippen LogP contribution >= 0.6 is 11.8 Å². The van der Waals surface area contributed by atoms with Crippen molar-refractivity contribution in [3.63, 3.8) is 0 Å². The molecule has 0 aliphatic carbocycles. The van der Waals surface area contributed by atoms with Gasteiger partial charge in [0.15, 0.2) is 5.82 Å². The van der Waals surface area contributed by atoms with Crippen LogP contribution in [0.2, 0.25) is 0 Å². The molecule has 1 aliphatic heterocycles. The molecule has 0 bridgehead atoms. The number of aromatic nitrogens is 2. The van der Waals surface area contributed by atoms with Gasteiger partial charge in [-0.25, -0.2) is 9.97 Å². The molecular weight excluding hydrogens is 236 g/mol. The Labute approximate surface area is 105 Å². The number of hydrogen-bond donors (Lipinski definition) is 1. The predicted octanol–water partition coefficient (Wildman–Crippen LogP) is 1.38. The number of carbonyl (C=O) groups is 1. The Morgan fingerprint density at radius 3 is 2.94 bits per heavy atom. The third-order valence-electron chi connectivity index (χ3n) is 2.60. The molecule has 1 N–H and O–H groups in total. The van der Waals surface area contributed by atoms with Gasteiger partial charge in [-0.05, 0) is 12.7 Å². The predicted molar refractivity (Wildman–Crippen MR) is 70.5 cm³/mol. The van der Waals surface area contributed by atoms with Crippen LogP contribution in [0.5, 0.6) is 0 Å². The van der Waals surface area contributed by atoms with Crippen molar-refractivity contribution < 1.29 is 4.79 Å². The van der Waals surface area contributed by atoms with Crippen LogP contribution in [0, 0.1) is 0 Å². The molecule has 1 fully saturated rings. The van der Waals surface area contributed by atoms with Crippen molar-refractivity contribution in [1.82, 2.24) is 9.97 Å². The molecule has 0 spiro atoms. The molecule has 2 heterocycles. The van der Waals surface area contributed by atoms with Crippen LogP contribution in [0.4, 0.5) is 11.6 Å². The van der Waals surface area contributed by atoms with Crippen molar-refractivity contribution in [2.75, 3.05) is 35.3 Å². The average Bonchev–Trinajstić information content (AvgIpc) is 2.77. The average molecular weight is 252 g/mol. The first-order valence-corrected chi connectivity index (χ1v) is 7.06. The van der Waals surface area contributed by atoms with E-state index in [9.17, 15) is 4.79 Å². The number of nitrogens with one attached hydrogen (secondary N) is 1. The largest absolute Gasteiger partial charge is 0.368 e. The molecule has 1 aromatic rings. The zero-order valence-electron chi connectivity index (χ0n) is 9.85. The van der Waals surface area contributed by atoms with E-state index in [-0.39, 0.29) is 5.91 Å². The van der Waals surface area contributed by atoms with Gasteiger partial charge in [-0.2, -0.15) is 11.8 Å². The van der Waals surface area contributed by atoms with Gasteiger partial charge in [0.2, 0.25) is 5.91 Å². The maximum absolute atomic E-state index is 11.5. The number of anilines is 2. The molecule has 6 heteroatoms. The van der Waals surface area contributed by atoms with Crippen molar-refractivity contribution in [1.29, 1.82) is 0 Å². The molecule has 1 aromatic heterocycles. The fourth-order valence-corrected chi connectivity index (χ4v) is 2.03. The van der Waals surface area contributed by atoms with Crippen LogP contribution < -0.4 is 10.2 Å². The second kappa shape index (κ2) is 5.86. The molecule has 5 nitrogen and oxygen atoms in total. The van der Waals surface area contributed by atoms with Gasteiger partial charge < -0.3 is 5.32 Å². The molecule has 2 rings (SSSR count). The van der Waals surface area contributed by atoms with E-state index >= 15 is 0 Å². The highest BCUT2D eigenvalue weighted by atomic mass is 32.2. The molecule has 0 aromatic carbocycles. The lowest BCUT2D eigenvalue weighted by Crippen LogP contribution is -2.24. The number of nitrogens with zero attached hydrogens (tertiary/aromatic N) is 3. The number of thioether (sulfide) groups is 1. The van der Waals surface area contributed by atoms with Gasteiger partial charge in [-0.1, -0.05) is 0 Å². The maximum atomic E-state index is 11.5. The Balaban J connectivity index is 1.95. The maximum Gasteiger partial charge on any atom is 0.228 e. The first-order chi connectivity index (χ1) is 8.31. The quantitative estimate of drug-likeness (QED) is 0.802. The van der Waals surface area contributed by atoms with E-state index in [0.29, 0.717) is 12.2 Å². The van der Waals surface area contributed by atoms with Crippen LogP contribution in [0.1, 0.15) is 12.8 Å². The summed E-state index contributed by atoms with van der Waals surface area (Å²) in [5.41, 5.74) is 0. The van der Waals surface area contributed by atoms with E-state index < -0.39 is 0 Å². The zero-order chi connectivity index (χ0) is 12.1. The summed E-state index contributed by atoms with van der Waals surface area (Å²) in [5, 5.41) is 3.18. The van der Waals surface area contributed by atoms with Gasteiger partial charge in [0.25, 0.3) is 0 Å². The Morgan fingerprint density at radius 2 is 2.35 bits per heavy atom. The third-order valence-corrected chi connectivity index (χ3v) is 3.21. The Morgan fingerprint density at radius 1 is 1.47 bits per heavy atom. The highest BCUT2D eigenvalue weighted by Crippen LogP contribution is 2.18. The molecule has 1 aliphatic rings. The molecule has 92 valence electrons. The third kappa shape index (κ3) is 3.09. The SMILES string of the molecule is CSCCNc1cnc(N2CCCC2=O)cn1. The first kappa shape index (κ1) is 12.2. The van der Waals surface area contributed by atoms with Crippen LogP contribution in [0.3, 0.4) is 0 Å². The van der Waals surface area contributed by atoms with E-state index in [1.165, 1.54) is 0 Å². The fraction of sp³-hybridized carbons (Fsp3) is 0.545. The minimum atomic E-state index is 0.141. The summed E-state index contributed by atoms with van der Waals surface area (Å²) >= 11 is 1.78. The van der Waals surface area contributed by atoms with Crippen molar-refractivity contribution in [2.45, 2.75) is 12.8 Å². The van der Waals surface area contributed by atoms with Crippen molar-refractivity contribution in [3.05, 3.63) is 12.4 Å². The van der Waals surface area contributed by atoms with Crippen LogP contribution in [0.25, 0.3) is 0 Å². The molecule has 0 radical (unpaired) electrons. The summed E-state index contributed by atoms with van der Waals surface area (Å²) in [6.45, 7) is 1.63. The molecule has 17 heavy (non-hydrogen) atoms. The summed E-state index contributed by atoms with van der Waals surface area (Å²) in [6, 6.07) is 0. The van der Waals surface area contributed by atoms with Gasteiger partial charge in [0.05, 0.1) is 12.4 Å². The summed E-state index contributed by atoms with van der Waals surface area (Å²) in [7, 11) is 0. The number of amides is 1. The lowest BCUT2D eigenvalue weighted by Gasteiger charge is -2.14. The van der Waals surface area contributed by atoms with E-state index in [4.69, 9.17) is 0 Å². The van der Waals surface area contributed by atoms with Crippen LogP contribution in [-0.2, 0) is 4.79 Å². The second-order valence-electron chi connectivity index (χ2n) is 3.83. The Kier molecular flexibility index (Phi) is 4.19. The van der Waals surface area contributed by atoms with E-state index in [0.717, 1.165) is 31.1 Å². The van der Waals surface area contributed by atoms with Gasteiger partial charge in [-0.15, -0.1) is 0 Å². The zero-order valence-corrected chi connectivity index (χ0v) is 10.7. The normalized spacial score (nSPS) is 15.4. The first-order valence-electron chi connectivity index (χ1n) is 5.66. The van der Waals surface area contributed by atoms with Crippen molar-refractivity contribution in [3.8, 4) is 0 Å². The minimum Gasteiger partial charge on any atom is -0.368 e. The molecule has 0 saturated carbocycles. The molecular formula is C11H16N4OS. The molecule has 0 atom stereocenters. The monoisotopic (exact) mass is 252 g/mol. The molecule has 1 amide bonds. The van der Waals surface area contributed by atoms with E-state index in [1.807, 2.05) is 0 Å². The lowest BCUT2D eigenvalue weighted by atomic mass is 10.4. The van der Waals surface area contributed by atoms with Gasteiger partial charge >= 0.3 is 0 Å². The summed E-state index contributed by atoms with van der Waals surface area (Å²) < 4.78 is 0. The minimum absolute atomic E-state index is 0.141. The number of rotatable bonds is 5. The van der Waals surface area contributed by atoms with Crippen LogP contribution in [-0.4, -0.2) is 41.0 Å². The topological polar surface area (TPSA) is 58.1 Å². The smallest absolute Gasteiger partial charge is 0.228 e. The Hall–Kier alpha value is -1.30. The summed E-state index contributed by atoms with van der Waals surface area (Å²) in [6.07, 6.45) is 6.94. The van der Waals surface area contributed by atoms with E-state index in [1.54, 1.807) is 29.1 Å². The fourth-order valence-electron chi connectivity index (χ4n) is 1.72. The Bertz CT molecular complexity index is 382.